The lowest BCUT2D eigenvalue weighted by atomic mass is 9.98. The van der Waals surface area contributed by atoms with Crippen LogP contribution in [0.5, 0.6) is 0 Å². The summed E-state index contributed by atoms with van der Waals surface area (Å²) in [6, 6.07) is 10.1. The van der Waals surface area contributed by atoms with E-state index in [2.05, 4.69) is 9.88 Å². The maximum absolute atomic E-state index is 14.7. The highest BCUT2D eigenvalue weighted by atomic mass is 35.5. The number of hydrogen-bond acceptors (Lipinski definition) is 5. The molecule has 1 fully saturated rings. The summed E-state index contributed by atoms with van der Waals surface area (Å²) in [5, 5.41) is 9.16. The zero-order chi connectivity index (χ0) is 30.6. The number of anilines is 1. The Bertz CT molecular complexity index is 1640. The first kappa shape index (κ1) is 30.3. The maximum atomic E-state index is 14.7. The minimum atomic E-state index is -4.96. The number of carboxylic acids is 1. The molecule has 2 atom stereocenters. The first-order valence-corrected chi connectivity index (χ1v) is 15.5. The molecule has 0 saturated carbocycles. The number of rotatable bonds is 6. The Balaban J connectivity index is 1.64. The van der Waals surface area contributed by atoms with Gasteiger partial charge in [-0.05, 0) is 62.2 Å². The molecule has 2 unspecified atom stereocenters. The van der Waals surface area contributed by atoms with Gasteiger partial charge in [0.25, 0.3) is 0 Å². The summed E-state index contributed by atoms with van der Waals surface area (Å²) in [7, 11) is -3.31. The average Bonchev–Trinajstić information content (AvgIpc) is 3.35. The average molecular weight is 623 g/mol. The van der Waals surface area contributed by atoms with Crippen LogP contribution in [0.2, 0.25) is 5.02 Å². The van der Waals surface area contributed by atoms with Crippen molar-refractivity contribution in [3.63, 3.8) is 0 Å². The minimum absolute atomic E-state index is 0.00318. The lowest BCUT2D eigenvalue weighted by Gasteiger charge is -2.47. The first-order chi connectivity index (χ1) is 19.6. The molecule has 42 heavy (non-hydrogen) atoms. The van der Waals surface area contributed by atoms with Gasteiger partial charge in [-0.3, -0.25) is 4.98 Å². The Morgan fingerprint density at radius 2 is 1.69 bits per heavy atom. The Morgan fingerprint density at radius 3 is 2.29 bits per heavy atom. The molecule has 0 amide bonds. The van der Waals surface area contributed by atoms with Gasteiger partial charge >= 0.3 is 22.2 Å². The molecule has 12 heteroatoms. The van der Waals surface area contributed by atoms with Crippen molar-refractivity contribution in [2.24, 2.45) is 0 Å². The molecule has 224 valence electrons. The third-order valence-electron chi connectivity index (χ3n) is 8.73. The fraction of sp³-hybridized carbons (Fsp3) is 0.400. The molecule has 3 aromatic rings. The summed E-state index contributed by atoms with van der Waals surface area (Å²) in [5.74, 6) is -1.16. The number of nitrogens with zero attached hydrogens (tertiary/aromatic N) is 3. The third-order valence-corrected chi connectivity index (χ3v) is 11.7. The van der Waals surface area contributed by atoms with E-state index in [1.54, 1.807) is 6.07 Å². The second-order valence-electron chi connectivity index (χ2n) is 11.2. The van der Waals surface area contributed by atoms with Gasteiger partial charge in [-0.2, -0.15) is 21.6 Å². The number of carboxylic acid groups (broad SMARTS) is 1. The summed E-state index contributed by atoms with van der Waals surface area (Å²) in [6.45, 7) is 4.77. The van der Waals surface area contributed by atoms with Crippen LogP contribution in [0, 0.1) is 13.8 Å². The number of pyridine rings is 1. The van der Waals surface area contributed by atoms with E-state index in [0.717, 1.165) is 40.8 Å². The van der Waals surface area contributed by atoms with Crippen LogP contribution in [-0.2, 0) is 22.6 Å². The van der Waals surface area contributed by atoms with Gasteiger partial charge in [-0.15, -0.1) is 0 Å². The Hall–Kier alpha value is -3.15. The molecular formula is C30H32ClF3N3O4S+. The fourth-order valence-electron chi connectivity index (χ4n) is 6.69. The first-order valence-electron chi connectivity index (χ1n) is 13.7. The van der Waals surface area contributed by atoms with Gasteiger partial charge in [-0.1, -0.05) is 23.7 Å². The van der Waals surface area contributed by atoms with Crippen LogP contribution in [0.25, 0.3) is 0 Å². The molecule has 5 rings (SSSR count). The van der Waals surface area contributed by atoms with E-state index in [0.29, 0.717) is 44.3 Å². The van der Waals surface area contributed by atoms with Gasteiger partial charge < -0.3 is 10.0 Å². The zero-order valence-electron chi connectivity index (χ0n) is 23.4. The molecule has 2 aliphatic rings. The summed E-state index contributed by atoms with van der Waals surface area (Å²) in [6.07, 6.45) is -3.38. The number of halogens is 4. The van der Waals surface area contributed by atoms with Crippen LogP contribution in [-0.4, -0.2) is 54.5 Å². The van der Waals surface area contributed by atoms with Crippen molar-refractivity contribution in [3.05, 3.63) is 87.2 Å². The Kier molecular flexibility index (Phi) is 7.83. The molecule has 7 nitrogen and oxygen atoms in total. The molecule has 1 aliphatic carbocycles. The largest absolute Gasteiger partial charge is 0.478 e. The number of fused-ring (bicyclic) bond motifs is 1. The second-order valence-corrected chi connectivity index (χ2v) is 13.8. The van der Waals surface area contributed by atoms with Crippen LogP contribution < -0.4 is 4.90 Å². The SMILES string of the molecule is Cc1cc(N2CCC([N+](C)(C3CCc4ccc(C(=O)O)cc43)S(=O)(=O)c3c(Cl)cccc3C(F)(F)F)CC2)cc(C)n1. The number of aryl methyl sites for hydroxylation is 3. The minimum Gasteiger partial charge on any atom is -0.478 e. The molecule has 0 bridgehead atoms. The van der Waals surface area contributed by atoms with E-state index >= 15 is 0 Å². The van der Waals surface area contributed by atoms with E-state index in [-0.39, 0.29) is 5.56 Å². The van der Waals surface area contributed by atoms with Crippen molar-refractivity contribution in [1.82, 2.24) is 4.98 Å². The molecule has 1 N–H and O–H groups in total. The number of alkyl halides is 3. The van der Waals surface area contributed by atoms with Crippen molar-refractivity contribution in [3.8, 4) is 0 Å². The summed E-state index contributed by atoms with van der Waals surface area (Å²) in [4.78, 5) is 17.4. The molecular weight excluding hydrogens is 591 g/mol. The monoisotopic (exact) mass is 622 g/mol. The Morgan fingerprint density at radius 1 is 1.05 bits per heavy atom. The quantitative estimate of drug-likeness (QED) is 0.313. The van der Waals surface area contributed by atoms with Gasteiger partial charge in [0, 0.05) is 55.0 Å². The molecule has 1 saturated heterocycles. The fourth-order valence-corrected chi connectivity index (χ4v) is 9.48. The number of hydrogen-bond donors (Lipinski definition) is 1. The van der Waals surface area contributed by atoms with E-state index in [4.69, 9.17) is 11.6 Å². The molecule has 2 aromatic carbocycles. The van der Waals surface area contributed by atoms with E-state index in [9.17, 15) is 31.5 Å². The number of quaternary nitrogens is 1. The van der Waals surface area contributed by atoms with E-state index in [1.165, 1.54) is 19.2 Å². The number of benzene rings is 2. The lowest BCUT2D eigenvalue weighted by Crippen LogP contribution is -2.60. The topological polar surface area (TPSA) is 87.6 Å². The smallest absolute Gasteiger partial charge is 0.417 e. The molecule has 1 aromatic heterocycles. The maximum Gasteiger partial charge on any atom is 0.417 e. The van der Waals surface area contributed by atoms with Crippen molar-refractivity contribution in [2.75, 3.05) is 25.0 Å². The number of aromatic carboxylic acids is 1. The van der Waals surface area contributed by atoms with Crippen molar-refractivity contribution in [1.29, 1.82) is 0 Å². The van der Waals surface area contributed by atoms with Gasteiger partial charge in [0.05, 0.1) is 23.2 Å². The number of piperidine rings is 1. The summed E-state index contributed by atoms with van der Waals surface area (Å²) < 4.78 is 71.5. The van der Waals surface area contributed by atoms with Crippen LogP contribution in [0.3, 0.4) is 0 Å². The Labute approximate surface area is 248 Å². The standard InChI is InChI=1S/C30H31ClF3N3O4S/c1-18-15-22(16-19(2)35-18)36-13-11-23(12-14-36)37(3,27-10-9-20-7-8-21(29(38)39)17-24(20)27)42(40,41)28-25(30(32,33)34)5-4-6-26(28)31/h4-8,15-17,23,27H,9-14H2,1-3H3/p+1. The van der Waals surface area contributed by atoms with Gasteiger partial charge in [0.15, 0.2) is 4.90 Å². The highest BCUT2D eigenvalue weighted by molar-refractivity contribution is 7.86. The van der Waals surface area contributed by atoms with Crippen LogP contribution >= 0.6 is 11.6 Å². The van der Waals surface area contributed by atoms with Crippen LogP contribution in [0.4, 0.5) is 18.9 Å². The predicted octanol–water partition coefficient (Wildman–Crippen LogP) is 6.56. The predicted molar refractivity (Wildman–Crippen MR) is 153 cm³/mol. The van der Waals surface area contributed by atoms with Crippen molar-refractivity contribution in [2.45, 2.75) is 62.7 Å². The molecule has 0 radical (unpaired) electrons. The van der Waals surface area contributed by atoms with E-state index in [1.807, 2.05) is 26.0 Å². The lowest BCUT2D eigenvalue weighted by molar-refractivity contribution is -0.846. The van der Waals surface area contributed by atoms with Crippen molar-refractivity contribution < 1.29 is 35.4 Å². The highest BCUT2D eigenvalue weighted by Crippen LogP contribution is 2.50. The molecule has 0 spiro atoms. The number of aromatic nitrogens is 1. The van der Waals surface area contributed by atoms with Gasteiger partial charge in [-0.25, -0.2) is 8.68 Å². The summed E-state index contributed by atoms with van der Waals surface area (Å²) in [5.41, 5.74) is 2.67. The van der Waals surface area contributed by atoms with Crippen LogP contribution in [0.1, 0.15) is 63.7 Å². The zero-order valence-corrected chi connectivity index (χ0v) is 25.0. The third kappa shape index (κ3) is 5.16. The van der Waals surface area contributed by atoms with Gasteiger partial charge in [0.2, 0.25) is 0 Å². The van der Waals surface area contributed by atoms with Gasteiger partial charge in [0.1, 0.15) is 12.1 Å². The normalized spacial score (nSPS) is 19.4. The van der Waals surface area contributed by atoms with E-state index < -0.39 is 53.6 Å². The molecule has 2 heterocycles. The second kappa shape index (κ2) is 10.8. The highest BCUT2D eigenvalue weighted by Gasteiger charge is 2.56. The van der Waals surface area contributed by atoms with Crippen molar-refractivity contribution >= 4 is 33.3 Å². The summed E-state index contributed by atoms with van der Waals surface area (Å²) >= 11 is 6.29. The van der Waals surface area contributed by atoms with Crippen LogP contribution in [0.15, 0.2) is 53.4 Å². The number of carbonyl (C=O) groups is 1. The molecule has 1 aliphatic heterocycles. The number of sulfonamides is 1.